The van der Waals surface area contributed by atoms with Crippen molar-refractivity contribution in [2.24, 2.45) is 11.8 Å². The number of hydrogen-bond donors (Lipinski definition) is 0. The third kappa shape index (κ3) is 4.15. The van der Waals surface area contributed by atoms with Crippen LogP contribution < -0.4 is 0 Å². The number of hydrogen-bond acceptors (Lipinski definition) is 0. The molecule has 0 aromatic rings. The van der Waals surface area contributed by atoms with Crippen molar-refractivity contribution in [2.45, 2.75) is 64.7 Å². The van der Waals surface area contributed by atoms with Crippen molar-refractivity contribution in [1.29, 1.82) is 0 Å². The zero-order valence-electron chi connectivity index (χ0n) is 9.23. The van der Waals surface area contributed by atoms with E-state index in [1.165, 1.54) is 57.8 Å². The summed E-state index contributed by atoms with van der Waals surface area (Å²) >= 11 is 0. The largest absolute Gasteiger partial charge is 0.0654 e. The van der Waals surface area contributed by atoms with Crippen LogP contribution in [0.2, 0.25) is 0 Å². The molecule has 0 heteroatoms. The van der Waals surface area contributed by atoms with E-state index in [2.05, 4.69) is 13.8 Å². The molecule has 0 heterocycles. The summed E-state index contributed by atoms with van der Waals surface area (Å²) in [5, 5.41) is 0. The molecule has 1 aliphatic rings. The standard InChI is InChI=1S/C13H25/c1-3-5-6-7-13-10-8-12(4-2)9-11-13/h12-13H,2-11H2,1H3/t12-,13-. The molecule has 0 aliphatic heterocycles. The van der Waals surface area contributed by atoms with E-state index in [0.29, 0.717) is 0 Å². The van der Waals surface area contributed by atoms with Gasteiger partial charge in [0, 0.05) is 0 Å². The second-order valence-corrected chi connectivity index (χ2v) is 4.67. The maximum atomic E-state index is 4.01. The summed E-state index contributed by atoms with van der Waals surface area (Å²) in [4.78, 5) is 0. The van der Waals surface area contributed by atoms with Crippen molar-refractivity contribution < 1.29 is 0 Å². The van der Waals surface area contributed by atoms with Gasteiger partial charge in [0.15, 0.2) is 0 Å². The van der Waals surface area contributed by atoms with Gasteiger partial charge in [-0.25, -0.2) is 0 Å². The molecular weight excluding hydrogens is 156 g/mol. The van der Waals surface area contributed by atoms with Crippen molar-refractivity contribution in [3.63, 3.8) is 0 Å². The average Bonchev–Trinajstić information content (AvgIpc) is 2.19. The Hall–Kier alpha value is 0. The van der Waals surface area contributed by atoms with Crippen molar-refractivity contribution in [3.05, 3.63) is 6.92 Å². The van der Waals surface area contributed by atoms with Crippen LogP contribution in [0.4, 0.5) is 0 Å². The van der Waals surface area contributed by atoms with Crippen LogP contribution in [0.25, 0.3) is 0 Å². The smallest absolute Gasteiger partial charge is 0.0414 e. The van der Waals surface area contributed by atoms with Crippen molar-refractivity contribution >= 4 is 0 Å². The quantitative estimate of drug-likeness (QED) is 0.544. The molecular formula is C13H25. The van der Waals surface area contributed by atoms with Crippen molar-refractivity contribution in [1.82, 2.24) is 0 Å². The van der Waals surface area contributed by atoms with E-state index in [-0.39, 0.29) is 0 Å². The van der Waals surface area contributed by atoms with Crippen LogP contribution in [-0.2, 0) is 0 Å². The van der Waals surface area contributed by atoms with E-state index in [1.807, 2.05) is 0 Å². The normalized spacial score (nSPS) is 29.1. The van der Waals surface area contributed by atoms with Gasteiger partial charge < -0.3 is 0 Å². The van der Waals surface area contributed by atoms with E-state index in [9.17, 15) is 0 Å². The lowest BCUT2D eigenvalue weighted by Crippen LogP contribution is -2.13. The molecule has 13 heavy (non-hydrogen) atoms. The van der Waals surface area contributed by atoms with Crippen LogP contribution in [0.3, 0.4) is 0 Å². The predicted molar refractivity (Wildman–Crippen MR) is 59.6 cm³/mol. The zero-order chi connectivity index (χ0) is 9.52. The maximum absolute atomic E-state index is 4.01. The van der Waals surface area contributed by atoms with Gasteiger partial charge in [-0.3, -0.25) is 0 Å². The summed E-state index contributed by atoms with van der Waals surface area (Å²) in [6, 6.07) is 0. The molecule has 0 unspecified atom stereocenters. The second kappa shape index (κ2) is 6.45. The molecule has 0 aromatic heterocycles. The van der Waals surface area contributed by atoms with Gasteiger partial charge in [0.25, 0.3) is 0 Å². The average molecular weight is 181 g/mol. The van der Waals surface area contributed by atoms with Crippen LogP contribution in [0, 0.1) is 18.8 Å². The fourth-order valence-corrected chi connectivity index (χ4v) is 2.49. The van der Waals surface area contributed by atoms with Crippen LogP contribution in [0.1, 0.15) is 64.7 Å². The summed E-state index contributed by atoms with van der Waals surface area (Å²) in [5.74, 6) is 2.02. The van der Waals surface area contributed by atoms with Gasteiger partial charge in [0.05, 0.1) is 0 Å². The first-order valence-electron chi connectivity index (χ1n) is 6.16. The first-order valence-corrected chi connectivity index (χ1v) is 6.16. The molecule has 1 fully saturated rings. The van der Waals surface area contributed by atoms with E-state index in [1.54, 1.807) is 0 Å². The molecule has 0 aromatic carbocycles. The highest BCUT2D eigenvalue weighted by molar-refractivity contribution is 4.73. The topological polar surface area (TPSA) is 0 Å². The molecule has 1 radical (unpaired) electrons. The molecule has 0 bridgehead atoms. The summed E-state index contributed by atoms with van der Waals surface area (Å²) in [5.41, 5.74) is 0. The van der Waals surface area contributed by atoms with Crippen LogP contribution in [0.5, 0.6) is 0 Å². The Morgan fingerprint density at radius 2 is 1.62 bits per heavy atom. The Morgan fingerprint density at radius 1 is 1.00 bits per heavy atom. The Labute approximate surface area is 84.1 Å². The highest BCUT2D eigenvalue weighted by Crippen LogP contribution is 2.33. The maximum Gasteiger partial charge on any atom is -0.0414 e. The minimum Gasteiger partial charge on any atom is -0.0654 e. The van der Waals surface area contributed by atoms with Crippen molar-refractivity contribution in [2.75, 3.05) is 0 Å². The van der Waals surface area contributed by atoms with Gasteiger partial charge in [-0.1, -0.05) is 71.6 Å². The number of unbranched alkanes of at least 4 members (excludes halogenated alkanes) is 2. The number of rotatable bonds is 5. The van der Waals surface area contributed by atoms with Crippen LogP contribution in [-0.4, -0.2) is 0 Å². The molecule has 0 atom stereocenters. The summed E-state index contributed by atoms with van der Waals surface area (Å²) in [6.07, 6.45) is 12.8. The van der Waals surface area contributed by atoms with Gasteiger partial charge >= 0.3 is 0 Å². The molecule has 1 saturated carbocycles. The molecule has 77 valence electrons. The first-order chi connectivity index (χ1) is 6.36. The van der Waals surface area contributed by atoms with E-state index >= 15 is 0 Å². The molecule has 0 saturated heterocycles. The predicted octanol–water partition coefficient (Wildman–Crippen LogP) is 4.60. The third-order valence-corrected chi connectivity index (χ3v) is 3.59. The molecule has 0 nitrogen and oxygen atoms in total. The van der Waals surface area contributed by atoms with Gasteiger partial charge in [0.1, 0.15) is 0 Å². The third-order valence-electron chi connectivity index (χ3n) is 3.59. The first kappa shape index (κ1) is 11.1. The fraction of sp³-hybridized carbons (Fsp3) is 0.923. The molecule has 0 spiro atoms. The van der Waals surface area contributed by atoms with Gasteiger partial charge in [-0.15, -0.1) is 0 Å². The summed E-state index contributed by atoms with van der Waals surface area (Å²) < 4.78 is 0. The van der Waals surface area contributed by atoms with E-state index in [4.69, 9.17) is 0 Å². The minimum absolute atomic E-state index is 0.961. The lowest BCUT2D eigenvalue weighted by molar-refractivity contribution is 0.259. The SMILES string of the molecule is [CH2]C[C@H]1CC[C@H](CCCCC)CC1. The zero-order valence-corrected chi connectivity index (χ0v) is 9.23. The molecule has 1 aliphatic carbocycles. The van der Waals surface area contributed by atoms with Gasteiger partial charge in [0.2, 0.25) is 0 Å². The van der Waals surface area contributed by atoms with Gasteiger partial charge in [-0.05, 0) is 11.8 Å². The molecule has 0 N–H and O–H groups in total. The molecule has 1 rings (SSSR count). The summed E-state index contributed by atoms with van der Waals surface area (Å²) in [7, 11) is 0. The molecule has 0 amide bonds. The van der Waals surface area contributed by atoms with Crippen LogP contribution >= 0.6 is 0 Å². The summed E-state index contributed by atoms with van der Waals surface area (Å²) in [6.45, 7) is 6.30. The lowest BCUT2D eigenvalue weighted by atomic mass is 9.79. The van der Waals surface area contributed by atoms with Crippen LogP contribution in [0.15, 0.2) is 0 Å². The fourth-order valence-electron chi connectivity index (χ4n) is 2.49. The highest BCUT2D eigenvalue weighted by atomic mass is 14.2. The lowest BCUT2D eigenvalue weighted by Gasteiger charge is -2.27. The minimum atomic E-state index is 0.961. The Balaban J connectivity index is 2.03. The Kier molecular flexibility index (Phi) is 5.50. The Morgan fingerprint density at radius 3 is 2.15 bits per heavy atom. The van der Waals surface area contributed by atoms with Crippen molar-refractivity contribution in [3.8, 4) is 0 Å². The monoisotopic (exact) mass is 181 g/mol. The van der Waals surface area contributed by atoms with Gasteiger partial charge in [-0.2, -0.15) is 0 Å². The highest BCUT2D eigenvalue weighted by Gasteiger charge is 2.18. The second-order valence-electron chi connectivity index (χ2n) is 4.67. The van der Waals surface area contributed by atoms with E-state index < -0.39 is 0 Å². The Bertz CT molecular complexity index is 106. The van der Waals surface area contributed by atoms with E-state index in [0.717, 1.165) is 11.8 Å².